The first-order chi connectivity index (χ1) is 15.4. The predicted molar refractivity (Wildman–Crippen MR) is 119 cm³/mol. The Hall–Kier alpha value is -3.82. The van der Waals surface area contributed by atoms with Gasteiger partial charge in [-0.15, -0.1) is 0 Å². The Kier molecular flexibility index (Phi) is 5.85. The van der Waals surface area contributed by atoms with Crippen LogP contribution in [-0.4, -0.2) is 53.9 Å². The first kappa shape index (κ1) is 21.4. The van der Waals surface area contributed by atoms with Gasteiger partial charge in [0.05, 0.1) is 6.04 Å². The number of nitrogens with two attached hydrogens (primary N) is 1. The van der Waals surface area contributed by atoms with Crippen LogP contribution >= 0.6 is 0 Å². The van der Waals surface area contributed by atoms with Crippen molar-refractivity contribution < 1.29 is 19.5 Å². The summed E-state index contributed by atoms with van der Waals surface area (Å²) in [6.07, 6.45) is 0.384. The Labute approximate surface area is 183 Å². The second-order valence-corrected chi connectivity index (χ2v) is 8.23. The summed E-state index contributed by atoms with van der Waals surface area (Å²) < 4.78 is 0. The molecule has 10 heteroatoms. The fourth-order valence-electron chi connectivity index (χ4n) is 4.49. The zero-order valence-electron chi connectivity index (χ0n) is 17.3. The van der Waals surface area contributed by atoms with Crippen LogP contribution in [0.15, 0.2) is 35.1 Å². The zero-order chi connectivity index (χ0) is 22.8. The largest absolute Gasteiger partial charge is 0.481 e. The summed E-state index contributed by atoms with van der Waals surface area (Å²) >= 11 is 0. The molecular weight excluding hydrogens is 414 g/mol. The van der Waals surface area contributed by atoms with E-state index in [1.54, 1.807) is 18.2 Å². The summed E-state index contributed by atoms with van der Waals surface area (Å²) in [5, 5.41) is 14.6. The lowest BCUT2D eigenvalue weighted by atomic mass is 9.85. The van der Waals surface area contributed by atoms with E-state index in [1.165, 1.54) is 0 Å². The number of carboxylic acids is 1. The molecule has 1 aromatic heterocycles. The van der Waals surface area contributed by atoms with Crippen LogP contribution in [0.1, 0.15) is 34.7 Å². The molecule has 1 unspecified atom stereocenters. The molecule has 0 spiro atoms. The van der Waals surface area contributed by atoms with Crippen molar-refractivity contribution in [2.75, 3.05) is 35.6 Å². The van der Waals surface area contributed by atoms with Crippen molar-refractivity contribution >= 4 is 35.4 Å². The zero-order valence-corrected chi connectivity index (χ0v) is 17.3. The van der Waals surface area contributed by atoms with E-state index in [9.17, 15) is 19.2 Å². The minimum absolute atomic E-state index is 0.0412. The summed E-state index contributed by atoms with van der Waals surface area (Å²) in [6, 6.07) is 7.92. The number of hydrogen-bond donors (Lipinski definition) is 5. The quantitative estimate of drug-likeness (QED) is 0.396. The number of aliphatic carboxylic acids is 1. The van der Waals surface area contributed by atoms with Gasteiger partial charge in [-0.3, -0.25) is 14.4 Å². The maximum absolute atomic E-state index is 12.5. The highest BCUT2D eigenvalue weighted by Crippen LogP contribution is 2.40. The van der Waals surface area contributed by atoms with E-state index in [2.05, 4.69) is 20.5 Å². The Morgan fingerprint density at radius 3 is 2.72 bits per heavy atom. The molecule has 0 aliphatic carbocycles. The third-order valence-corrected chi connectivity index (χ3v) is 6.10. The van der Waals surface area contributed by atoms with Gasteiger partial charge in [0, 0.05) is 66.5 Å². The molecule has 3 atom stereocenters. The molecule has 2 aliphatic rings. The van der Waals surface area contributed by atoms with Crippen molar-refractivity contribution in [1.29, 1.82) is 0 Å². The van der Waals surface area contributed by atoms with Crippen LogP contribution in [-0.2, 0) is 9.59 Å². The van der Waals surface area contributed by atoms with Gasteiger partial charge in [0.2, 0.25) is 0 Å². The van der Waals surface area contributed by atoms with Gasteiger partial charge in [-0.1, -0.05) is 0 Å². The minimum atomic E-state index is -1.02. The molecule has 2 aliphatic heterocycles. The van der Waals surface area contributed by atoms with Gasteiger partial charge >= 0.3 is 5.97 Å². The van der Waals surface area contributed by atoms with E-state index in [0.717, 1.165) is 30.0 Å². The molecule has 1 aromatic carbocycles. The second kappa shape index (κ2) is 8.74. The van der Waals surface area contributed by atoms with Crippen molar-refractivity contribution in [3.63, 3.8) is 0 Å². The number of aromatic amines is 1. The lowest BCUT2D eigenvalue weighted by Crippen LogP contribution is -2.36. The highest BCUT2D eigenvalue weighted by Gasteiger charge is 2.39. The van der Waals surface area contributed by atoms with E-state index in [4.69, 9.17) is 10.8 Å². The van der Waals surface area contributed by atoms with Crippen molar-refractivity contribution in [2.45, 2.75) is 24.8 Å². The molecule has 0 saturated carbocycles. The standard InChI is InChI=1S/C22H25N5O5/c23-18-7-17-20(22(32)26-18)16-10-27(9-13(16)8-24-17)15-4-1-12(2-5-15)21(31)25-14(11-28)3-6-19(29)30/h1-2,4-5,7,11,13-14,16,24H,3,6,8-10H2,(H,25,31)(H,29,30)(H3,23,26,32)/t13-,14?,16+/m1/s1. The van der Waals surface area contributed by atoms with E-state index >= 15 is 0 Å². The van der Waals surface area contributed by atoms with E-state index in [1.807, 2.05) is 12.1 Å². The molecule has 0 bridgehead atoms. The molecule has 168 valence electrons. The number of H-pyrrole nitrogens is 1. The number of carbonyl (C=O) groups excluding carboxylic acids is 2. The Morgan fingerprint density at radius 1 is 1.28 bits per heavy atom. The number of nitrogens with zero attached hydrogens (tertiary/aromatic N) is 1. The summed E-state index contributed by atoms with van der Waals surface area (Å²) in [5.74, 6) is -0.761. The van der Waals surface area contributed by atoms with Gasteiger partial charge in [-0.2, -0.15) is 0 Å². The number of rotatable bonds is 7. The van der Waals surface area contributed by atoms with Crippen LogP contribution in [0.5, 0.6) is 0 Å². The van der Waals surface area contributed by atoms with Gasteiger partial charge < -0.3 is 36.2 Å². The summed E-state index contributed by atoms with van der Waals surface area (Å²) in [4.78, 5) is 51.6. The van der Waals surface area contributed by atoms with Crippen LogP contribution in [0, 0.1) is 5.92 Å². The number of hydrogen-bond acceptors (Lipinski definition) is 7. The highest BCUT2D eigenvalue weighted by atomic mass is 16.4. The average molecular weight is 439 g/mol. The second-order valence-electron chi connectivity index (χ2n) is 8.23. The van der Waals surface area contributed by atoms with Crippen LogP contribution in [0.25, 0.3) is 0 Å². The third-order valence-electron chi connectivity index (χ3n) is 6.10. The molecule has 10 nitrogen and oxygen atoms in total. The Balaban J connectivity index is 1.44. The lowest BCUT2D eigenvalue weighted by Gasteiger charge is -2.27. The number of carbonyl (C=O) groups is 3. The SMILES string of the molecule is Nc1cc2c(c(=O)[nH]1)[C@H]1CN(c3ccc(C(=O)NC(C=O)CCC(=O)O)cc3)C[C@H]1CN2. The molecule has 4 rings (SSSR count). The molecular formula is C22H25N5O5. The van der Waals surface area contributed by atoms with Gasteiger partial charge in [-0.05, 0) is 30.7 Å². The molecule has 6 N–H and O–H groups in total. The smallest absolute Gasteiger partial charge is 0.303 e. The van der Waals surface area contributed by atoms with Crippen LogP contribution in [0.4, 0.5) is 17.2 Å². The number of carboxylic acid groups (broad SMARTS) is 1. The lowest BCUT2D eigenvalue weighted by molar-refractivity contribution is -0.137. The number of aromatic nitrogens is 1. The number of nitrogen functional groups attached to an aromatic ring is 1. The molecule has 3 heterocycles. The maximum atomic E-state index is 12.5. The van der Waals surface area contributed by atoms with Crippen LogP contribution in [0.2, 0.25) is 0 Å². The van der Waals surface area contributed by atoms with Gasteiger partial charge in [-0.25, -0.2) is 0 Å². The first-order valence-electron chi connectivity index (χ1n) is 10.4. The Bertz CT molecular complexity index is 1100. The summed E-state index contributed by atoms with van der Waals surface area (Å²) in [7, 11) is 0. The van der Waals surface area contributed by atoms with Crippen molar-refractivity contribution in [3.05, 3.63) is 51.8 Å². The number of anilines is 3. The van der Waals surface area contributed by atoms with Crippen LogP contribution < -0.4 is 26.8 Å². The number of fused-ring (bicyclic) bond motifs is 3. The van der Waals surface area contributed by atoms with Gasteiger partial charge in [0.15, 0.2) is 0 Å². The molecule has 32 heavy (non-hydrogen) atoms. The number of benzene rings is 1. The number of aldehydes is 1. The number of amides is 1. The topological polar surface area (TPSA) is 158 Å². The summed E-state index contributed by atoms with van der Waals surface area (Å²) in [6.45, 7) is 2.20. The molecule has 2 aromatic rings. The highest BCUT2D eigenvalue weighted by molar-refractivity contribution is 5.96. The first-order valence-corrected chi connectivity index (χ1v) is 10.4. The fraction of sp³-hybridized carbons (Fsp3) is 0.364. The molecule has 1 amide bonds. The van der Waals surface area contributed by atoms with Crippen molar-refractivity contribution in [2.24, 2.45) is 5.92 Å². The van der Waals surface area contributed by atoms with Gasteiger partial charge in [0.25, 0.3) is 11.5 Å². The van der Waals surface area contributed by atoms with Crippen LogP contribution in [0.3, 0.4) is 0 Å². The average Bonchev–Trinajstić information content (AvgIpc) is 3.20. The Morgan fingerprint density at radius 2 is 2.03 bits per heavy atom. The van der Waals surface area contributed by atoms with Crippen molar-refractivity contribution in [3.8, 4) is 0 Å². The monoisotopic (exact) mass is 439 g/mol. The third kappa shape index (κ3) is 4.29. The number of pyridine rings is 1. The minimum Gasteiger partial charge on any atom is -0.481 e. The van der Waals surface area contributed by atoms with E-state index < -0.39 is 17.9 Å². The predicted octanol–water partition coefficient (Wildman–Crippen LogP) is 0.765. The maximum Gasteiger partial charge on any atom is 0.303 e. The fourth-order valence-corrected chi connectivity index (χ4v) is 4.49. The molecule has 1 saturated heterocycles. The summed E-state index contributed by atoms with van der Waals surface area (Å²) in [5.41, 5.74) is 8.43. The number of nitrogens with one attached hydrogen (secondary N) is 3. The molecule has 0 radical (unpaired) electrons. The normalized spacial score (nSPS) is 19.9. The van der Waals surface area contributed by atoms with Gasteiger partial charge in [0.1, 0.15) is 12.1 Å². The molecule has 1 fully saturated rings. The van der Waals surface area contributed by atoms with E-state index in [-0.39, 0.29) is 30.2 Å². The van der Waals surface area contributed by atoms with Crippen molar-refractivity contribution in [1.82, 2.24) is 10.3 Å². The van der Waals surface area contributed by atoms with E-state index in [0.29, 0.717) is 24.2 Å².